The molecule has 1 saturated heterocycles. The van der Waals surface area contributed by atoms with Gasteiger partial charge in [-0.1, -0.05) is 0 Å². The van der Waals surface area contributed by atoms with Crippen molar-refractivity contribution in [3.8, 4) is 0 Å². The highest BCUT2D eigenvalue weighted by Crippen LogP contribution is 2.32. The Hall–Kier alpha value is -0.190. The van der Waals surface area contributed by atoms with Crippen molar-refractivity contribution in [2.45, 2.75) is 25.4 Å². The van der Waals surface area contributed by atoms with Crippen molar-refractivity contribution in [2.75, 3.05) is 6.61 Å². The molecule has 0 saturated carbocycles. The van der Waals surface area contributed by atoms with Crippen molar-refractivity contribution >= 4 is 33.0 Å². The molecule has 0 amide bonds. The molecule has 1 aliphatic heterocycles. The summed E-state index contributed by atoms with van der Waals surface area (Å²) in [5.41, 5.74) is -0.579. The van der Waals surface area contributed by atoms with E-state index in [2.05, 4.69) is 15.9 Å². The van der Waals surface area contributed by atoms with Gasteiger partial charge in [0.2, 0.25) is 5.78 Å². The standard InChI is InChI=1S/C10H11BrO2S/c1-10(5-2-6-13-10)9(12)7-3-4-8(11)14-7/h3-4H,2,5-6H2,1H3. The Balaban J connectivity index is 2.23. The minimum absolute atomic E-state index is 0.116. The molecule has 0 aliphatic carbocycles. The van der Waals surface area contributed by atoms with Crippen LogP contribution in [0.3, 0.4) is 0 Å². The molecule has 1 unspecified atom stereocenters. The van der Waals surface area contributed by atoms with Gasteiger partial charge in [-0.25, -0.2) is 0 Å². The topological polar surface area (TPSA) is 26.3 Å². The molecule has 2 nitrogen and oxygen atoms in total. The molecule has 2 heterocycles. The van der Waals surface area contributed by atoms with Crippen LogP contribution in [-0.4, -0.2) is 18.0 Å². The van der Waals surface area contributed by atoms with Gasteiger partial charge in [0, 0.05) is 6.61 Å². The summed E-state index contributed by atoms with van der Waals surface area (Å²) in [6.45, 7) is 2.59. The Morgan fingerprint density at radius 2 is 2.43 bits per heavy atom. The van der Waals surface area contributed by atoms with Crippen LogP contribution < -0.4 is 0 Å². The molecular weight excluding hydrogens is 264 g/mol. The SMILES string of the molecule is CC1(C(=O)c2ccc(Br)s2)CCCO1. The summed E-state index contributed by atoms with van der Waals surface area (Å²) in [5.74, 6) is 0.116. The monoisotopic (exact) mass is 274 g/mol. The van der Waals surface area contributed by atoms with Gasteiger partial charge in [-0.2, -0.15) is 0 Å². The average Bonchev–Trinajstić information content (AvgIpc) is 2.74. The molecular formula is C10H11BrO2S. The van der Waals surface area contributed by atoms with Crippen molar-refractivity contribution in [3.05, 3.63) is 20.8 Å². The number of thiophene rings is 1. The predicted octanol–water partition coefficient (Wildman–Crippen LogP) is 3.26. The Kier molecular flexibility index (Phi) is 2.77. The quantitative estimate of drug-likeness (QED) is 0.774. The summed E-state index contributed by atoms with van der Waals surface area (Å²) in [6.07, 6.45) is 1.82. The molecule has 1 atom stereocenters. The Labute approximate surface area is 95.4 Å². The summed E-state index contributed by atoms with van der Waals surface area (Å²) in [7, 11) is 0. The highest BCUT2D eigenvalue weighted by Gasteiger charge is 2.38. The van der Waals surface area contributed by atoms with Crippen LogP contribution >= 0.6 is 27.3 Å². The number of hydrogen-bond acceptors (Lipinski definition) is 3. The normalized spacial score (nSPS) is 26.7. The van der Waals surface area contributed by atoms with Crippen LogP contribution in [-0.2, 0) is 4.74 Å². The van der Waals surface area contributed by atoms with E-state index in [-0.39, 0.29) is 5.78 Å². The van der Waals surface area contributed by atoms with E-state index in [4.69, 9.17) is 4.74 Å². The molecule has 0 bridgehead atoms. The Bertz CT molecular complexity index is 353. The van der Waals surface area contributed by atoms with Crippen molar-refractivity contribution < 1.29 is 9.53 Å². The first-order valence-electron chi connectivity index (χ1n) is 4.56. The van der Waals surface area contributed by atoms with Gasteiger partial charge in [-0.3, -0.25) is 4.79 Å². The van der Waals surface area contributed by atoms with Crippen LogP contribution in [0.2, 0.25) is 0 Å². The lowest BCUT2D eigenvalue weighted by molar-refractivity contribution is 0.0217. The number of halogens is 1. The maximum atomic E-state index is 12.0. The summed E-state index contributed by atoms with van der Waals surface area (Å²) in [6, 6.07) is 3.75. The third-order valence-electron chi connectivity index (χ3n) is 2.50. The van der Waals surface area contributed by atoms with Crippen LogP contribution in [0, 0.1) is 0 Å². The molecule has 1 aromatic heterocycles. The first kappa shape index (κ1) is 10.3. The fraction of sp³-hybridized carbons (Fsp3) is 0.500. The molecule has 2 rings (SSSR count). The minimum atomic E-state index is -0.579. The highest BCUT2D eigenvalue weighted by atomic mass is 79.9. The fourth-order valence-electron chi connectivity index (χ4n) is 1.66. The van der Waals surface area contributed by atoms with Gasteiger partial charge in [0.15, 0.2) is 0 Å². The van der Waals surface area contributed by atoms with E-state index in [1.807, 2.05) is 19.1 Å². The number of ether oxygens (including phenoxy) is 1. The summed E-state index contributed by atoms with van der Waals surface area (Å²) in [5, 5.41) is 0. The molecule has 4 heteroatoms. The van der Waals surface area contributed by atoms with Gasteiger partial charge in [0.05, 0.1) is 8.66 Å². The number of hydrogen-bond donors (Lipinski definition) is 0. The second-order valence-corrected chi connectivity index (χ2v) is 6.08. The first-order valence-corrected chi connectivity index (χ1v) is 6.17. The van der Waals surface area contributed by atoms with Gasteiger partial charge >= 0.3 is 0 Å². The van der Waals surface area contributed by atoms with Crippen molar-refractivity contribution in [1.82, 2.24) is 0 Å². The molecule has 1 aromatic rings. The van der Waals surface area contributed by atoms with Crippen LogP contribution in [0.15, 0.2) is 15.9 Å². The second kappa shape index (κ2) is 3.76. The van der Waals surface area contributed by atoms with Gasteiger partial charge in [-0.15, -0.1) is 11.3 Å². The van der Waals surface area contributed by atoms with E-state index in [0.29, 0.717) is 6.61 Å². The van der Waals surface area contributed by atoms with E-state index in [1.54, 1.807) is 0 Å². The average molecular weight is 275 g/mol. The highest BCUT2D eigenvalue weighted by molar-refractivity contribution is 9.11. The lowest BCUT2D eigenvalue weighted by Gasteiger charge is -2.20. The van der Waals surface area contributed by atoms with E-state index < -0.39 is 5.60 Å². The number of ketones is 1. The summed E-state index contributed by atoms with van der Waals surface area (Å²) >= 11 is 4.82. The third-order valence-corrected chi connectivity index (χ3v) is 4.12. The zero-order valence-corrected chi connectivity index (χ0v) is 10.3. The molecule has 14 heavy (non-hydrogen) atoms. The molecule has 0 spiro atoms. The number of Topliss-reactive ketones (excluding diaryl/α,β-unsaturated/α-hetero) is 1. The van der Waals surface area contributed by atoms with Crippen LogP contribution in [0.1, 0.15) is 29.4 Å². The van der Waals surface area contributed by atoms with Gasteiger partial charge in [0.1, 0.15) is 5.60 Å². The maximum absolute atomic E-state index is 12.0. The van der Waals surface area contributed by atoms with E-state index in [9.17, 15) is 4.79 Å². The maximum Gasteiger partial charge on any atom is 0.204 e. The van der Waals surface area contributed by atoms with E-state index >= 15 is 0 Å². The molecule has 1 fully saturated rings. The summed E-state index contributed by atoms with van der Waals surface area (Å²) in [4.78, 5) is 12.8. The largest absolute Gasteiger partial charge is 0.367 e. The molecule has 76 valence electrons. The number of carbonyl (C=O) groups is 1. The van der Waals surface area contributed by atoms with Crippen LogP contribution in [0.4, 0.5) is 0 Å². The Morgan fingerprint density at radius 1 is 1.64 bits per heavy atom. The lowest BCUT2D eigenvalue weighted by atomic mass is 9.96. The van der Waals surface area contributed by atoms with Gasteiger partial charge in [-0.05, 0) is 47.8 Å². The summed E-state index contributed by atoms with van der Waals surface area (Å²) < 4.78 is 6.50. The minimum Gasteiger partial charge on any atom is -0.367 e. The molecule has 0 N–H and O–H groups in total. The molecule has 0 aromatic carbocycles. The van der Waals surface area contributed by atoms with Gasteiger partial charge in [0.25, 0.3) is 0 Å². The lowest BCUT2D eigenvalue weighted by Crippen LogP contribution is -2.33. The predicted molar refractivity (Wildman–Crippen MR) is 59.9 cm³/mol. The Morgan fingerprint density at radius 3 is 2.93 bits per heavy atom. The van der Waals surface area contributed by atoms with Gasteiger partial charge < -0.3 is 4.74 Å². The first-order chi connectivity index (χ1) is 6.62. The number of rotatable bonds is 2. The van der Waals surface area contributed by atoms with E-state index in [1.165, 1.54) is 11.3 Å². The molecule has 1 aliphatic rings. The van der Waals surface area contributed by atoms with Crippen molar-refractivity contribution in [2.24, 2.45) is 0 Å². The number of carbonyl (C=O) groups excluding carboxylic acids is 1. The smallest absolute Gasteiger partial charge is 0.204 e. The van der Waals surface area contributed by atoms with E-state index in [0.717, 1.165) is 21.5 Å². The zero-order valence-electron chi connectivity index (χ0n) is 7.88. The van der Waals surface area contributed by atoms with Crippen molar-refractivity contribution in [1.29, 1.82) is 0 Å². The third kappa shape index (κ3) is 1.78. The fourth-order valence-corrected chi connectivity index (χ4v) is 3.10. The zero-order chi connectivity index (χ0) is 10.2. The van der Waals surface area contributed by atoms with Crippen LogP contribution in [0.25, 0.3) is 0 Å². The molecule has 0 radical (unpaired) electrons. The van der Waals surface area contributed by atoms with Crippen molar-refractivity contribution in [3.63, 3.8) is 0 Å². The van der Waals surface area contributed by atoms with Crippen LogP contribution in [0.5, 0.6) is 0 Å². The second-order valence-electron chi connectivity index (χ2n) is 3.62.